The average Bonchev–Trinajstić information content (AvgIpc) is 2.37. The fourth-order valence-corrected chi connectivity index (χ4v) is 4.32. The van der Waals surface area contributed by atoms with Gasteiger partial charge >= 0.3 is 0 Å². The van der Waals surface area contributed by atoms with Gasteiger partial charge in [-0.15, -0.1) is 0 Å². The Morgan fingerprint density at radius 2 is 2.16 bits per heavy atom. The molecule has 5 nitrogen and oxygen atoms in total. The summed E-state index contributed by atoms with van der Waals surface area (Å²) >= 11 is 0. The van der Waals surface area contributed by atoms with E-state index >= 15 is 0 Å². The van der Waals surface area contributed by atoms with Crippen molar-refractivity contribution in [1.82, 2.24) is 9.29 Å². The molecule has 1 fully saturated rings. The molecule has 0 atom stereocenters. The number of hydrogen-bond acceptors (Lipinski definition) is 4. The van der Waals surface area contributed by atoms with Gasteiger partial charge < -0.3 is 5.32 Å². The number of anilines is 1. The third-order valence-electron chi connectivity index (χ3n) is 3.49. The molecule has 0 unspecified atom stereocenters. The second-order valence-electron chi connectivity index (χ2n) is 5.71. The molecule has 1 N–H and O–H groups in total. The molecule has 0 radical (unpaired) electrons. The molecule has 106 valence electrons. The van der Waals surface area contributed by atoms with Crippen LogP contribution in [0.25, 0.3) is 0 Å². The lowest BCUT2D eigenvalue weighted by Gasteiger charge is -2.37. The standard InChI is InChI=1S/C13H21N3O2S/c1-13(2)7-5-9-16(10-13)19(17,18)11-6-4-8-15-12(11)14-3/h4,6,8H,5,7,9-10H2,1-3H3,(H,14,15). The molecular formula is C13H21N3O2S. The van der Waals surface area contributed by atoms with Crippen molar-refractivity contribution < 1.29 is 8.42 Å². The predicted molar refractivity (Wildman–Crippen MR) is 75.6 cm³/mol. The third-order valence-corrected chi connectivity index (χ3v) is 5.37. The van der Waals surface area contributed by atoms with Crippen molar-refractivity contribution in [3.05, 3.63) is 18.3 Å². The average molecular weight is 283 g/mol. The van der Waals surface area contributed by atoms with E-state index in [1.807, 2.05) is 0 Å². The lowest BCUT2D eigenvalue weighted by atomic mass is 9.85. The van der Waals surface area contributed by atoms with E-state index in [-0.39, 0.29) is 10.3 Å². The molecule has 0 saturated carbocycles. The fraction of sp³-hybridized carbons (Fsp3) is 0.615. The Balaban J connectivity index is 2.37. The van der Waals surface area contributed by atoms with Gasteiger partial charge in [-0.3, -0.25) is 0 Å². The molecule has 1 saturated heterocycles. The van der Waals surface area contributed by atoms with E-state index in [0.29, 0.717) is 18.9 Å². The minimum absolute atomic E-state index is 0.0351. The van der Waals surface area contributed by atoms with Crippen molar-refractivity contribution in [2.75, 3.05) is 25.5 Å². The molecule has 0 aromatic carbocycles. The van der Waals surface area contributed by atoms with Gasteiger partial charge in [-0.05, 0) is 30.4 Å². The van der Waals surface area contributed by atoms with Crippen molar-refractivity contribution >= 4 is 15.8 Å². The van der Waals surface area contributed by atoms with Crippen LogP contribution in [0.3, 0.4) is 0 Å². The van der Waals surface area contributed by atoms with Gasteiger partial charge in [-0.2, -0.15) is 4.31 Å². The number of sulfonamides is 1. The van der Waals surface area contributed by atoms with Crippen LogP contribution in [-0.2, 0) is 10.0 Å². The first-order chi connectivity index (χ1) is 8.87. The minimum Gasteiger partial charge on any atom is -0.372 e. The number of hydrogen-bond donors (Lipinski definition) is 1. The quantitative estimate of drug-likeness (QED) is 0.921. The van der Waals surface area contributed by atoms with Gasteiger partial charge in [0.1, 0.15) is 10.7 Å². The molecule has 1 aromatic heterocycles. The topological polar surface area (TPSA) is 62.3 Å². The van der Waals surface area contributed by atoms with Crippen molar-refractivity contribution in [2.45, 2.75) is 31.6 Å². The maximum absolute atomic E-state index is 12.7. The third kappa shape index (κ3) is 2.90. The molecule has 0 aliphatic carbocycles. The summed E-state index contributed by atoms with van der Waals surface area (Å²) < 4.78 is 27.0. The molecule has 1 aliphatic heterocycles. The number of nitrogens with zero attached hydrogens (tertiary/aromatic N) is 2. The van der Waals surface area contributed by atoms with Gasteiger partial charge in [0.15, 0.2) is 0 Å². The second-order valence-corrected chi connectivity index (χ2v) is 7.61. The number of pyridine rings is 1. The number of piperidine rings is 1. The van der Waals surface area contributed by atoms with Crippen LogP contribution in [0.2, 0.25) is 0 Å². The first-order valence-corrected chi connectivity index (χ1v) is 7.94. The first-order valence-electron chi connectivity index (χ1n) is 6.50. The largest absolute Gasteiger partial charge is 0.372 e. The van der Waals surface area contributed by atoms with Crippen LogP contribution >= 0.6 is 0 Å². The Labute approximate surface area is 115 Å². The second kappa shape index (κ2) is 5.09. The monoisotopic (exact) mass is 283 g/mol. The molecule has 6 heteroatoms. The molecule has 0 bridgehead atoms. The van der Waals surface area contributed by atoms with Crippen molar-refractivity contribution in [3.63, 3.8) is 0 Å². The highest BCUT2D eigenvalue weighted by molar-refractivity contribution is 7.89. The van der Waals surface area contributed by atoms with Crippen LogP contribution in [0.15, 0.2) is 23.2 Å². The molecule has 0 spiro atoms. The molecule has 2 rings (SSSR count). The Hall–Kier alpha value is -1.14. The van der Waals surface area contributed by atoms with E-state index in [0.717, 1.165) is 12.8 Å². The predicted octanol–water partition coefficient (Wildman–Crippen LogP) is 1.93. The summed E-state index contributed by atoms with van der Waals surface area (Å²) in [5.41, 5.74) is 0.0351. The summed E-state index contributed by atoms with van der Waals surface area (Å²) in [4.78, 5) is 4.34. The highest BCUT2D eigenvalue weighted by Gasteiger charge is 2.35. The van der Waals surface area contributed by atoms with Crippen LogP contribution in [0.5, 0.6) is 0 Å². The Morgan fingerprint density at radius 3 is 2.79 bits per heavy atom. The zero-order valence-electron chi connectivity index (χ0n) is 11.7. The van der Waals surface area contributed by atoms with Gasteiger partial charge in [-0.1, -0.05) is 13.8 Å². The zero-order valence-corrected chi connectivity index (χ0v) is 12.5. The Morgan fingerprint density at radius 1 is 1.42 bits per heavy atom. The van der Waals surface area contributed by atoms with Crippen LogP contribution in [0.4, 0.5) is 5.82 Å². The minimum atomic E-state index is -3.47. The molecular weight excluding hydrogens is 262 g/mol. The van der Waals surface area contributed by atoms with E-state index in [1.165, 1.54) is 0 Å². The lowest BCUT2D eigenvalue weighted by Crippen LogP contribution is -2.43. The fourth-order valence-electron chi connectivity index (χ4n) is 2.50. The Bertz CT molecular complexity index is 555. The lowest BCUT2D eigenvalue weighted by molar-refractivity contribution is 0.187. The zero-order chi connectivity index (χ0) is 14.1. The Kier molecular flexibility index (Phi) is 3.82. The molecule has 19 heavy (non-hydrogen) atoms. The van der Waals surface area contributed by atoms with Crippen LogP contribution in [-0.4, -0.2) is 37.8 Å². The van der Waals surface area contributed by atoms with Crippen LogP contribution < -0.4 is 5.32 Å². The van der Waals surface area contributed by atoms with E-state index < -0.39 is 10.0 Å². The summed E-state index contributed by atoms with van der Waals surface area (Å²) in [6, 6.07) is 3.26. The highest BCUT2D eigenvalue weighted by Crippen LogP contribution is 2.32. The van der Waals surface area contributed by atoms with E-state index in [1.54, 1.807) is 29.7 Å². The van der Waals surface area contributed by atoms with Crippen molar-refractivity contribution in [1.29, 1.82) is 0 Å². The normalized spacial score (nSPS) is 20.2. The summed E-state index contributed by atoms with van der Waals surface area (Å²) in [6.45, 7) is 5.37. The van der Waals surface area contributed by atoms with Gasteiger partial charge in [-0.25, -0.2) is 13.4 Å². The summed E-state index contributed by atoms with van der Waals surface area (Å²) in [5.74, 6) is 0.408. The van der Waals surface area contributed by atoms with Gasteiger partial charge in [0, 0.05) is 26.3 Å². The summed E-state index contributed by atoms with van der Waals surface area (Å²) in [5, 5.41) is 2.84. The van der Waals surface area contributed by atoms with E-state index in [4.69, 9.17) is 0 Å². The van der Waals surface area contributed by atoms with Crippen molar-refractivity contribution in [2.24, 2.45) is 5.41 Å². The smallest absolute Gasteiger partial charge is 0.246 e. The highest BCUT2D eigenvalue weighted by atomic mass is 32.2. The van der Waals surface area contributed by atoms with Gasteiger partial charge in [0.2, 0.25) is 10.0 Å². The molecule has 0 amide bonds. The summed E-state index contributed by atoms with van der Waals surface area (Å²) in [7, 11) is -1.79. The van der Waals surface area contributed by atoms with Crippen molar-refractivity contribution in [3.8, 4) is 0 Å². The number of rotatable bonds is 3. The molecule has 2 heterocycles. The maximum atomic E-state index is 12.7. The number of aromatic nitrogens is 1. The van der Waals surface area contributed by atoms with Gasteiger partial charge in [0.25, 0.3) is 0 Å². The maximum Gasteiger partial charge on any atom is 0.246 e. The van der Waals surface area contributed by atoms with E-state index in [2.05, 4.69) is 24.1 Å². The number of nitrogens with one attached hydrogen (secondary N) is 1. The molecule has 1 aromatic rings. The van der Waals surface area contributed by atoms with E-state index in [9.17, 15) is 8.42 Å². The molecule has 1 aliphatic rings. The van der Waals surface area contributed by atoms with Gasteiger partial charge in [0.05, 0.1) is 0 Å². The SMILES string of the molecule is CNc1ncccc1S(=O)(=O)N1CCCC(C)(C)C1. The van der Waals surface area contributed by atoms with Crippen LogP contribution in [0, 0.1) is 5.41 Å². The summed E-state index contributed by atoms with van der Waals surface area (Å²) in [6.07, 6.45) is 3.55. The van der Waals surface area contributed by atoms with Crippen LogP contribution in [0.1, 0.15) is 26.7 Å². The first kappa shape index (κ1) is 14.3.